The molecular weight excluding hydrogens is 346 g/mol. The number of methoxy groups -OCH3 is 3. The first-order chi connectivity index (χ1) is 13.1. The van der Waals surface area contributed by atoms with Crippen LogP contribution in [0.2, 0.25) is 0 Å². The van der Waals surface area contributed by atoms with Gasteiger partial charge in [0.15, 0.2) is 5.69 Å². The van der Waals surface area contributed by atoms with E-state index in [-0.39, 0.29) is 5.69 Å². The summed E-state index contributed by atoms with van der Waals surface area (Å²) in [6, 6.07) is 12.9. The average molecular weight is 367 g/mol. The van der Waals surface area contributed by atoms with Crippen molar-refractivity contribution in [2.24, 2.45) is 0 Å². The van der Waals surface area contributed by atoms with Crippen molar-refractivity contribution >= 4 is 16.9 Å². The lowest BCUT2D eigenvalue weighted by Gasteiger charge is -2.14. The highest BCUT2D eigenvalue weighted by atomic mass is 16.5. The van der Waals surface area contributed by atoms with Gasteiger partial charge in [-0.25, -0.2) is 9.78 Å². The van der Waals surface area contributed by atoms with Gasteiger partial charge in [0.05, 0.1) is 26.8 Å². The van der Waals surface area contributed by atoms with Crippen LogP contribution in [0.3, 0.4) is 0 Å². The van der Waals surface area contributed by atoms with E-state index < -0.39 is 5.97 Å². The number of carbonyl (C=O) groups excluding carboxylic acids is 1. The molecule has 2 aromatic carbocycles. The van der Waals surface area contributed by atoms with E-state index in [0.29, 0.717) is 23.6 Å². The van der Waals surface area contributed by atoms with Gasteiger partial charge in [0.2, 0.25) is 0 Å². The largest absolute Gasteiger partial charge is 0.497 e. The minimum atomic E-state index is -0.520. The van der Waals surface area contributed by atoms with Gasteiger partial charge in [-0.3, -0.25) is 0 Å². The normalized spacial score (nSPS) is 10.5. The molecule has 0 aliphatic carbocycles. The third-order valence-corrected chi connectivity index (χ3v) is 4.31. The van der Waals surface area contributed by atoms with Crippen molar-refractivity contribution in [3.8, 4) is 17.2 Å². The lowest BCUT2D eigenvalue weighted by Crippen LogP contribution is -2.07. The van der Waals surface area contributed by atoms with Gasteiger partial charge < -0.3 is 18.9 Å². The molecule has 0 spiro atoms. The highest BCUT2D eigenvalue weighted by Crippen LogP contribution is 2.33. The Kier molecular flexibility index (Phi) is 5.45. The van der Waals surface area contributed by atoms with E-state index in [1.807, 2.05) is 43.3 Å². The maximum Gasteiger partial charge on any atom is 0.356 e. The van der Waals surface area contributed by atoms with Crippen LogP contribution in [0.1, 0.15) is 21.6 Å². The van der Waals surface area contributed by atoms with Gasteiger partial charge >= 0.3 is 5.97 Å². The summed E-state index contributed by atoms with van der Waals surface area (Å²) in [4.78, 5) is 16.5. The number of rotatable bonds is 6. The Morgan fingerprint density at radius 1 is 0.963 bits per heavy atom. The average Bonchev–Trinajstić information content (AvgIpc) is 2.72. The molecule has 27 heavy (non-hydrogen) atoms. The van der Waals surface area contributed by atoms with Crippen molar-refractivity contribution in [1.29, 1.82) is 0 Å². The van der Waals surface area contributed by atoms with Crippen LogP contribution >= 0.6 is 0 Å². The number of aryl methyl sites for hydroxylation is 1. The zero-order valence-electron chi connectivity index (χ0n) is 15.7. The topological polar surface area (TPSA) is 66.9 Å². The van der Waals surface area contributed by atoms with Crippen LogP contribution in [-0.2, 0) is 11.3 Å². The second kappa shape index (κ2) is 7.95. The third kappa shape index (κ3) is 3.79. The summed E-state index contributed by atoms with van der Waals surface area (Å²) < 4.78 is 21.4. The number of nitrogens with zero attached hydrogens (tertiary/aromatic N) is 1. The fourth-order valence-corrected chi connectivity index (χ4v) is 2.81. The predicted molar refractivity (Wildman–Crippen MR) is 102 cm³/mol. The van der Waals surface area contributed by atoms with Gasteiger partial charge in [-0.1, -0.05) is 12.1 Å². The lowest BCUT2D eigenvalue weighted by atomic mass is 10.1. The number of aromatic nitrogens is 1. The molecule has 0 radical (unpaired) electrons. The van der Waals surface area contributed by atoms with Gasteiger partial charge in [-0.15, -0.1) is 0 Å². The molecule has 0 aliphatic heterocycles. The first-order valence-corrected chi connectivity index (χ1v) is 8.39. The van der Waals surface area contributed by atoms with Crippen molar-refractivity contribution in [2.45, 2.75) is 13.5 Å². The number of ether oxygens (including phenoxy) is 4. The number of hydrogen-bond donors (Lipinski definition) is 0. The van der Waals surface area contributed by atoms with Crippen LogP contribution in [0, 0.1) is 6.92 Å². The van der Waals surface area contributed by atoms with Crippen LogP contribution in [0.25, 0.3) is 10.9 Å². The summed E-state index contributed by atoms with van der Waals surface area (Å²) in [7, 11) is 4.55. The van der Waals surface area contributed by atoms with E-state index in [2.05, 4.69) is 4.98 Å². The molecule has 0 saturated heterocycles. The molecule has 3 aromatic rings. The van der Waals surface area contributed by atoms with E-state index in [4.69, 9.17) is 18.9 Å². The molecular formula is C21H21NO5. The Labute approximate surface area is 157 Å². The maximum atomic E-state index is 12.0. The predicted octanol–water partition coefficient (Wildman–Crippen LogP) is 3.93. The standard InChI is InChI=1S/C21H21NO5/c1-13-18(25-3)10-9-16-19(11-17(21(23)26-4)22-20(13)16)27-12-14-5-7-15(24-2)8-6-14/h5-11H,12H2,1-4H3. The van der Waals surface area contributed by atoms with Gasteiger partial charge in [-0.2, -0.15) is 0 Å². The minimum absolute atomic E-state index is 0.186. The first-order valence-electron chi connectivity index (χ1n) is 8.39. The molecule has 0 aliphatic rings. The summed E-state index contributed by atoms with van der Waals surface area (Å²) >= 11 is 0. The molecule has 0 bridgehead atoms. The van der Waals surface area contributed by atoms with Crippen molar-refractivity contribution in [3.05, 3.63) is 59.3 Å². The van der Waals surface area contributed by atoms with Gasteiger partial charge in [0.25, 0.3) is 0 Å². The quantitative estimate of drug-likeness (QED) is 0.615. The smallest absolute Gasteiger partial charge is 0.356 e. The zero-order valence-corrected chi connectivity index (χ0v) is 15.7. The Balaban J connectivity index is 2.01. The molecule has 140 valence electrons. The van der Waals surface area contributed by atoms with Crippen LogP contribution in [0.4, 0.5) is 0 Å². The van der Waals surface area contributed by atoms with Gasteiger partial charge in [-0.05, 0) is 36.8 Å². The van der Waals surface area contributed by atoms with E-state index in [1.54, 1.807) is 20.3 Å². The molecule has 1 aromatic heterocycles. The van der Waals surface area contributed by atoms with E-state index in [0.717, 1.165) is 22.3 Å². The number of esters is 1. The monoisotopic (exact) mass is 367 g/mol. The number of fused-ring (bicyclic) bond motifs is 1. The van der Waals surface area contributed by atoms with Crippen molar-refractivity contribution in [3.63, 3.8) is 0 Å². The molecule has 0 saturated carbocycles. The molecule has 0 atom stereocenters. The number of pyridine rings is 1. The summed E-state index contributed by atoms with van der Waals surface area (Å²) in [5, 5.41) is 0.800. The van der Waals surface area contributed by atoms with Crippen LogP contribution in [0.5, 0.6) is 17.2 Å². The molecule has 3 rings (SSSR count). The highest BCUT2D eigenvalue weighted by Gasteiger charge is 2.16. The Morgan fingerprint density at radius 2 is 1.70 bits per heavy atom. The number of hydrogen-bond acceptors (Lipinski definition) is 6. The van der Waals surface area contributed by atoms with Crippen LogP contribution in [-0.4, -0.2) is 32.3 Å². The van der Waals surface area contributed by atoms with Crippen molar-refractivity contribution in [2.75, 3.05) is 21.3 Å². The van der Waals surface area contributed by atoms with Gasteiger partial charge in [0.1, 0.15) is 23.9 Å². The molecule has 1 heterocycles. The summed E-state index contributed by atoms with van der Waals surface area (Å²) in [6.07, 6.45) is 0. The molecule has 0 fully saturated rings. The fraction of sp³-hybridized carbons (Fsp3) is 0.238. The fourth-order valence-electron chi connectivity index (χ4n) is 2.81. The van der Waals surface area contributed by atoms with E-state index in [9.17, 15) is 4.79 Å². The molecule has 0 amide bonds. The van der Waals surface area contributed by atoms with E-state index in [1.165, 1.54) is 7.11 Å². The second-order valence-corrected chi connectivity index (χ2v) is 5.92. The second-order valence-electron chi connectivity index (χ2n) is 5.92. The zero-order chi connectivity index (χ0) is 19.4. The third-order valence-electron chi connectivity index (χ3n) is 4.31. The highest BCUT2D eigenvalue weighted by molar-refractivity contribution is 5.95. The molecule has 0 N–H and O–H groups in total. The van der Waals surface area contributed by atoms with Crippen LogP contribution < -0.4 is 14.2 Å². The van der Waals surface area contributed by atoms with Crippen molar-refractivity contribution < 1.29 is 23.7 Å². The Morgan fingerprint density at radius 3 is 2.33 bits per heavy atom. The van der Waals surface area contributed by atoms with E-state index >= 15 is 0 Å². The van der Waals surface area contributed by atoms with Crippen molar-refractivity contribution in [1.82, 2.24) is 4.98 Å². The Hall–Kier alpha value is -3.28. The Bertz CT molecular complexity index is 966. The summed E-state index contributed by atoms with van der Waals surface area (Å²) in [6.45, 7) is 2.23. The summed E-state index contributed by atoms with van der Waals surface area (Å²) in [5.41, 5.74) is 2.63. The number of benzene rings is 2. The maximum absolute atomic E-state index is 12.0. The number of carbonyl (C=O) groups is 1. The minimum Gasteiger partial charge on any atom is -0.497 e. The first kappa shape index (κ1) is 18.5. The lowest BCUT2D eigenvalue weighted by molar-refractivity contribution is 0.0594. The molecule has 0 unspecified atom stereocenters. The summed E-state index contributed by atoms with van der Waals surface area (Å²) in [5.74, 6) is 1.51. The SMILES string of the molecule is COC(=O)c1cc(OCc2ccc(OC)cc2)c2ccc(OC)c(C)c2n1. The van der Waals surface area contributed by atoms with Crippen LogP contribution in [0.15, 0.2) is 42.5 Å². The van der Waals surface area contributed by atoms with Gasteiger partial charge in [0, 0.05) is 17.0 Å². The molecule has 6 nitrogen and oxygen atoms in total. The molecule has 6 heteroatoms.